The van der Waals surface area contributed by atoms with Crippen molar-refractivity contribution >= 4 is 5.97 Å². The molecule has 168 valence electrons. The van der Waals surface area contributed by atoms with Crippen molar-refractivity contribution < 1.29 is 9.90 Å². The zero-order valence-corrected chi connectivity index (χ0v) is 19.9. The molecule has 32 heavy (non-hydrogen) atoms. The van der Waals surface area contributed by atoms with Gasteiger partial charge in [0.1, 0.15) is 0 Å². The van der Waals surface area contributed by atoms with Crippen LogP contribution in [-0.4, -0.2) is 11.1 Å². The highest BCUT2D eigenvalue weighted by atomic mass is 16.4. The second-order valence-corrected chi connectivity index (χ2v) is 9.68. The summed E-state index contributed by atoms with van der Waals surface area (Å²) in [7, 11) is 0. The molecule has 1 aliphatic carbocycles. The molecular weight excluding hydrogens is 394 g/mol. The SMILES string of the molecule is Cc1cc2c(cc1C(N)c1ccc(C(=O)O)cc1)C(C)(C)CCC2C.Cc1ccccc1. The van der Waals surface area contributed by atoms with E-state index in [2.05, 4.69) is 58.9 Å². The van der Waals surface area contributed by atoms with Crippen LogP contribution in [0.1, 0.15) is 89.3 Å². The van der Waals surface area contributed by atoms with E-state index in [1.54, 1.807) is 12.1 Å². The fraction of sp³-hybridized carbons (Fsp3) is 0.345. The highest BCUT2D eigenvalue weighted by molar-refractivity contribution is 5.87. The van der Waals surface area contributed by atoms with Crippen molar-refractivity contribution in [1.82, 2.24) is 0 Å². The van der Waals surface area contributed by atoms with Gasteiger partial charge in [-0.15, -0.1) is 0 Å². The van der Waals surface area contributed by atoms with Gasteiger partial charge in [-0.3, -0.25) is 0 Å². The molecule has 3 N–H and O–H groups in total. The number of carbonyl (C=O) groups is 1. The third-order valence-electron chi connectivity index (χ3n) is 6.69. The normalized spacial score (nSPS) is 17.5. The minimum absolute atomic E-state index is 0.164. The topological polar surface area (TPSA) is 63.3 Å². The molecule has 0 radical (unpaired) electrons. The molecule has 0 aromatic heterocycles. The maximum atomic E-state index is 11.0. The summed E-state index contributed by atoms with van der Waals surface area (Å²) in [6, 6.07) is 21.5. The summed E-state index contributed by atoms with van der Waals surface area (Å²) < 4.78 is 0. The first-order chi connectivity index (χ1) is 15.1. The lowest BCUT2D eigenvalue weighted by atomic mass is 9.68. The zero-order valence-electron chi connectivity index (χ0n) is 19.9. The maximum absolute atomic E-state index is 11.0. The van der Waals surface area contributed by atoms with E-state index in [0.717, 1.165) is 11.1 Å². The Hall–Kier alpha value is -2.91. The fourth-order valence-corrected chi connectivity index (χ4v) is 4.49. The second kappa shape index (κ2) is 9.70. The lowest BCUT2D eigenvalue weighted by molar-refractivity contribution is 0.0697. The molecule has 3 heteroatoms. The highest BCUT2D eigenvalue weighted by Gasteiger charge is 2.32. The predicted octanol–water partition coefficient (Wildman–Crippen LogP) is 6.91. The van der Waals surface area contributed by atoms with E-state index in [1.165, 1.54) is 35.1 Å². The second-order valence-electron chi connectivity index (χ2n) is 9.68. The van der Waals surface area contributed by atoms with Gasteiger partial charge in [0.05, 0.1) is 11.6 Å². The number of aromatic carboxylic acids is 1. The van der Waals surface area contributed by atoms with E-state index >= 15 is 0 Å². The minimum atomic E-state index is -0.916. The van der Waals surface area contributed by atoms with Gasteiger partial charge in [-0.25, -0.2) is 4.79 Å². The molecule has 0 aliphatic heterocycles. The Labute approximate surface area is 192 Å². The quantitative estimate of drug-likeness (QED) is 0.475. The van der Waals surface area contributed by atoms with E-state index in [-0.39, 0.29) is 17.0 Å². The fourth-order valence-electron chi connectivity index (χ4n) is 4.49. The summed E-state index contributed by atoms with van der Waals surface area (Å²) in [6.07, 6.45) is 2.41. The molecule has 0 fully saturated rings. The van der Waals surface area contributed by atoms with Crippen LogP contribution < -0.4 is 5.73 Å². The summed E-state index contributed by atoms with van der Waals surface area (Å²) in [5.41, 5.74) is 14.5. The first kappa shape index (κ1) is 23.7. The van der Waals surface area contributed by atoms with Crippen LogP contribution in [0, 0.1) is 13.8 Å². The van der Waals surface area contributed by atoms with E-state index < -0.39 is 5.97 Å². The lowest BCUT2D eigenvalue weighted by Crippen LogP contribution is -2.27. The van der Waals surface area contributed by atoms with Gasteiger partial charge in [0.25, 0.3) is 0 Å². The number of nitrogens with two attached hydrogens (primary N) is 1. The largest absolute Gasteiger partial charge is 0.478 e. The number of fused-ring (bicyclic) bond motifs is 1. The molecule has 3 nitrogen and oxygen atoms in total. The van der Waals surface area contributed by atoms with Crippen molar-refractivity contribution in [2.75, 3.05) is 0 Å². The molecule has 1 aliphatic rings. The van der Waals surface area contributed by atoms with Crippen LogP contribution in [0.2, 0.25) is 0 Å². The maximum Gasteiger partial charge on any atom is 0.335 e. The third-order valence-corrected chi connectivity index (χ3v) is 6.69. The first-order valence-corrected chi connectivity index (χ1v) is 11.4. The van der Waals surface area contributed by atoms with Crippen molar-refractivity contribution in [2.24, 2.45) is 5.73 Å². The molecule has 2 unspecified atom stereocenters. The Balaban J connectivity index is 0.000000352. The summed E-state index contributed by atoms with van der Waals surface area (Å²) in [6.45, 7) is 11.1. The zero-order chi connectivity index (χ0) is 23.5. The standard InChI is InChI=1S/C22H27NO2.C7H8/c1-13-9-10-22(3,4)19-12-18(14(2)11-17(13)19)20(23)15-5-7-16(8-6-15)21(24)25;1-7-5-3-2-4-6-7/h5-8,11-13,20H,9-10,23H2,1-4H3,(H,24,25);2-6H,1H3. The summed E-state index contributed by atoms with van der Waals surface area (Å²) in [4.78, 5) is 11.0. The number of rotatable bonds is 3. The van der Waals surface area contributed by atoms with E-state index in [0.29, 0.717) is 5.92 Å². The molecule has 3 aromatic carbocycles. The predicted molar refractivity (Wildman–Crippen MR) is 132 cm³/mol. The third kappa shape index (κ3) is 5.28. The van der Waals surface area contributed by atoms with E-state index in [4.69, 9.17) is 10.8 Å². The lowest BCUT2D eigenvalue weighted by Gasteiger charge is -2.37. The van der Waals surface area contributed by atoms with Crippen LogP contribution in [-0.2, 0) is 5.41 Å². The smallest absolute Gasteiger partial charge is 0.335 e. The molecule has 0 spiro atoms. The van der Waals surface area contributed by atoms with Gasteiger partial charge in [0, 0.05) is 0 Å². The van der Waals surface area contributed by atoms with Crippen molar-refractivity contribution in [3.8, 4) is 0 Å². The number of carboxylic acids is 1. The van der Waals surface area contributed by atoms with Crippen LogP contribution in [0.25, 0.3) is 0 Å². The molecule has 0 amide bonds. The Morgan fingerprint density at radius 1 is 1.03 bits per heavy atom. The number of hydrogen-bond acceptors (Lipinski definition) is 2. The van der Waals surface area contributed by atoms with Crippen molar-refractivity contribution in [3.63, 3.8) is 0 Å². The number of aryl methyl sites for hydroxylation is 2. The van der Waals surface area contributed by atoms with Crippen LogP contribution >= 0.6 is 0 Å². The number of carboxylic acid groups (broad SMARTS) is 1. The summed E-state index contributed by atoms with van der Waals surface area (Å²) in [5, 5.41) is 9.06. The van der Waals surface area contributed by atoms with Crippen molar-refractivity contribution in [2.45, 2.75) is 64.8 Å². The molecule has 4 rings (SSSR count). The van der Waals surface area contributed by atoms with Crippen molar-refractivity contribution in [3.05, 3.63) is 106 Å². The molecule has 0 saturated heterocycles. The molecule has 0 heterocycles. The summed E-state index contributed by atoms with van der Waals surface area (Å²) >= 11 is 0. The van der Waals surface area contributed by atoms with Crippen molar-refractivity contribution in [1.29, 1.82) is 0 Å². The Morgan fingerprint density at radius 2 is 1.66 bits per heavy atom. The average Bonchev–Trinajstić information content (AvgIpc) is 2.77. The Morgan fingerprint density at radius 3 is 2.19 bits per heavy atom. The van der Waals surface area contributed by atoms with Gasteiger partial charge in [0.2, 0.25) is 0 Å². The Kier molecular flexibility index (Phi) is 7.20. The first-order valence-electron chi connectivity index (χ1n) is 11.4. The van der Waals surface area contributed by atoms with Gasteiger partial charge in [-0.05, 0) is 78.0 Å². The molecule has 0 saturated carbocycles. The molecule has 3 aromatic rings. The molecule has 2 atom stereocenters. The highest BCUT2D eigenvalue weighted by Crippen LogP contribution is 2.44. The van der Waals surface area contributed by atoms with Crippen LogP contribution in [0.3, 0.4) is 0 Å². The van der Waals surface area contributed by atoms with Gasteiger partial charge in [-0.1, -0.05) is 80.9 Å². The van der Waals surface area contributed by atoms with Crippen LogP contribution in [0.15, 0.2) is 66.7 Å². The minimum Gasteiger partial charge on any atom is -0.478 e. The van der Waals surface area contributed by atoms with Gasteiger partial charge in [-0.2, -0.15) is 0 Å². The van der Waals surface area contributed by atoms with Gasteiger partial charge < -0.3 is 10.8 Å². The number of benzene rings is 3. The monoisotopic (exact) mass is 429 g/mol. The molecule has 0 bridgehead atoms. The Bertz CT molecular complexity index is 1070. The van der Waals surface area contributed by atoms with E-state index in [9.17, 15) is 4.79 Å². The van der Waals surface area contributed by atoms with Gasteiger partial charge in [0.15, 0.2) is 0 Å². The summed E-state index contributed by atoms with van der Waals surface area (Å²) in [5.74, 6) is -0.331. The van der Waals surface area contributed by atoms with E-state index in [1.807, 2.05) is 30.3 Å². The number of hydrogen-bond donors (Lipinski definition) is 2. The average molecular weight is 430 g/mol. The van der Waals surface area contributed by atoms with Crippen LogP contribution in [0.5, 0.6) is 0 Å². The van der Waals surface area contributed by atoms with Crippen LogP contribution in [0.4, 0.5) is 0 Å². The van der Waals surface area contributed by atoms with Gasteiger partial charge >= 0.3 is 5.97 Å². The molecular formula is C29H35NO2.